The molecule has 10 heteroatoms. The molecule has 2 aromatic rings. The minimum absolute atomic E-state index is 0.0443. The number of amides is 1. The summed E-state index contributed by atoms with van der Waals surface area (Å²) < 4.78 is 32.5. The van der Waals surface area contributed by atoms with Crippen LogP contribution in [0.2, 0.25) is 0 Å². The SMILES string of the molecule is CNC(=S)NNC(=O)c1cccc(S(=O)(=O)Nc2ccc(OC)cc2)c1. The predicted octanol–water partition coefficient (Wildman–Crippen LogP) is 1.23. The average Bonchev–Trinajstić information content (AvgIpc) is 2.66. The van der Waals surface area contributed by atoms with Crippen LogP contribution in [0.5, 0.6) is 5.75 Å². The van der Waals surface area contributed by atoms with Gasteiger partial charge < -0.3 is 10.1 Å². The first-order valence-electron chi connectivity index (χ1n) is 7.40. The monoisotopic (exact) mass is 394 g/mol. The molecule has 0 radical (unpaired) electrons. The zero-order chi connectivity index (χ0) is 19.2. The number of carbonyl (C=O) groups excluding carboxylic acids is 1. The molecule has 2 rings (SSSR count). The van der Waals surface area contributed by atoms with Crippen LogP contribution in [-0.2, 0) is 10.0 Å². The molecule has 0 aliphatic carbocycles. The summed E-state index contributed by atoms with van der Waals surface area (Å²) >= 11 is 4.85. The molecule has 0 unspecified atom stereocenters. The molecule has 0 spiro atoms. The fraction of sp³-hybridized carbons (Fsp3) is 0.125. The lowest BCUT2D eigenvalue weighted by atomic mass is 10.2. The molecule has 0 saturated heterocycles. The highest BCUT2D eigenvalue weighted by molar-refractivity contribution is 7.92. The largest absolute Gasteiger partial charge is 0.497 e. The number of methoxy groups -OCH3 is 1. The maximum absolute atomic E-state index is 12.5. The number of rotatable bonds is 5. The fourth-order valence-corrected chi connectivity index (χ4v) is 3.08. The van der Waals surface area contributed by atoms with E-state index in [-0.39, 0.29) is 15.6 Å². The van der Waals surface area contributed by atoms with E-state index in [2.05, 4.69) is 20.9 Å². The normalized spacial score (nSPS) is 10.5. The zero-order valence-corrected chi connectivity index (χ0v) is 15.7. The molecule has 2 aromatic carbocycles. The van der Waals surface area contributed by atoms with Gasteiger partial charge in [0.2, 0.25) is 0 Å². The number of thiocarbonyl (C=S) groups is 1. The molecule has 0 heterocycles. The second-order valence-corrected chi connectivity index (χ2v) is 7.11. The van der Waals surface area contributed by atoms with Gasteiger partial charge in [0.15, 0.2) is 5.11 Å². The number of nitrogens with one attached hydrogen (secondary N) is 4. The highest BCUT2D eigenvalue weighted by atomic mass is 32.2. The highest BCUT2D eigenvalue weighted by Gasteiger charge is 2.16. The van der Waals surface area contributed by atoms with Crippen LogP contribution in [0.3, 0.4) is 0 Å². The molecule has 0 saturated carbocycles. The summed E-state index contributed by atoms with van der Waals surface area (Å²) in [6, 6.07) is 12.1. The van der Waals surface area contributed by atoms with Gasteiger partial charge in [0.05, 0.1) is 12.0 Å². The molecule has 138 valence electrons. The van der Waals surface area contributed by atoms with E-state index >= 15 is 0 Å². The number of hydrogen-bond acceptors (Lipinski definition) is 5. The first-order chi connectivity index (χ1) is 12.4. The maximum Gasteiger partial charge on any atom is 0.269 e. The third-order valence-electron chi connectivity index (χ3n) is 3.27. The van der Waals surface area contributed by atoms with Crippen LogP contribution in [-0.4, -0.2) is 33.6 Å². The van der Waals surface area contributed by atoms with E-state index in [0.29, 0.717) is 11.4 Å². The fourth-order valence-electron chi connectivity index (χ4n) is 1.93. The summed E-state index contributed by atoms with van der Waals surface area (Å²) in [4.78, 5) is 12.0. The minimum atomic E-state index is -3.85. The predicted molar refractivity (Wildman–Crippen MR) is 103 cm³/mol. The Hall–Kier alpha value is -2.85. The second kappa shape index (κ2) is 8.50. The van der Waals surface area contributed by atoms with Gasteiger partial charge >= 0.3 is 0 Å². The van der Waals surface area contributed by atoms with E-state index in [1.165, 1.54) is 31.4 Å². The lowest BCUT2D eigenvalue weighted by molar-refractivity contribution is 0.0943. The van der Waals surface area contributed by atoms with E-state index in [0.717, 1.165) is 0 Å². The lowest BCUT2D eigenvalue weighted by Crippen LogP contribution is -2.45. The molecule has 0 atom stereocenters. The van der Waals surface area contributed by atoms with E-state index < -0.39 is 15.9 Å². The number of hydrogen-bond donors (Lipinski definition) is 4. The Bertz CT molecular complexity index is 899. The molecular weight excluding hydrogens is 376 g/mol. The molecule has 0 bridgehead atoms. The van der Waals surface area contributed by atoms with Gasteiger partial charge in [-0.3, -0.25) is 20.4 Å². The number of sulfonamides is 1. The average molecular weight is 394 g/mol. The summed E-state index contributed by atoms with van der Waals surface area (Å²) in [5, 5.41) is 2.86. The summed E-state index contributed by atoms with van der Waals surface area (Å²) in [5.41, 5.74) is 5.39. The van der Waals surface area contributed by atoms with Gasteiger partial charge in [-0.05, 0) is 54.7 Å². The van der Waals surface area contributed by atoms with Crippen LogP contribution in [0.25, 0.3) is 0 Å². The minimum Gasteiger partial charge on any atom is -0.497 e. The molecule has 0 fully saturated rings. The first kappa shape index (κ1) is 19.5. The van der Waals surface area contributed by atoms with E-state index in [1.807, 2.05) is 0 Å². The molecule has 1 amide bonds. The standard InChI is InChI=1S/C16H18N4O4S2/c1-17-16(25)19-18-15(21)11-4-3-5-14(10-11)26(22,23)20-12-6-8-13(24-2)9-7-12/h3-10,20H,1-2H3,(H,18,21)(H2,17,19,25). The van der Waals surface area contributed by atoms with Crippen molar-refractivity contribution in [3.05, 3.63) is 54.1 Å². The van der Waals surface area contributed by atoms with Gasteiger partial charge in [-0.1, -0.05) is 6.07 Å². The summed E-state index contributed by atoms with van der Waals surface area (Å²) in [7, 11) is -0.736. The van der Waals surface area contributed by atoms with Crippen LogP contribution < -0.4 is 25.6 Å². The summed E-state index contributed by atoms with van der Waals surface area (Å²) in [6.07, 6.45) is 0. The topological polar surface area (TPSA) is 109 Å². The Balaban J connectivity index is 2.16. The van der Waals surface area contributed by atoms with Gasteiger partial charge in [-0.2, -0.15) is 0 Å². The van der Waals surface area contributed by atoms with Gasteiger partial charge in [-0.15, -0.1) is 0 Å². The van der Waals surface area contributed by atoms with E-state index in [9.17, 15) is 13.2 Å². The van der Waals surface area contributed by atoms with Crippen molar-refractivity contribution in [3.8, 4) is 5.75 Å². The van der Waals surface area contributed by atoms with Gasteiger partial charge in [0.1, 0.15) is 5.75 Å². The number of hydrazine groups is 1. The Morgan fingerprint density at radius 3 is 2.38 bits per heavy atom. The van der Waals surface area contributed by atoms with Crippen LogP contribution in [0, 0.1) is 0 Å². The maximum atomic E-state index is 12.5. The summed E-state index contributed by atoms with van der Waals surface area (Å²) in [5.74, 6) is 0.0858. The molecule has 8 nitrogen and oxygen atoms in total. The van der Waals surface area contributed by atoms with Crippen molar-refractivity contribution in [2.75, 3.05) is 18.9 Å². The number of anilines is 1. The Morgan fingerprint density at radius 2 is 1.77 bits per heavy atom. The van der Waals surface area contributed by atoms with Crippen LogP contribution >= 0.6 is 12.2 Å². The molecular formula is C16H18N4O4S2. The third-order valence-corrected chi connectivity index (χ3v) is 4.95. The second-order valence-electron chi connectivity index (χ2n) is 5.02. The lowest BCUT2D eigenvalue weighted by Gasteiger charge is -2.11. The van der Waals surface area contributed by atoms with Crippen molar-refractivity contribution in [3.63, 3.8) is 0 Å². The zero-order valence-electron chi connectivity index (χ0n) is 14.1. The third kappa shape index (κ3) is 5.07. The van der Waals surface area contributed by atoms with Gasteiger partial charge in [0, 0.05) is 18.3 Å². The number of benzene rings is 2. The summed E-state index contributed by atoms with van der Waals surface area (Å²) in [6.45, 7) is 0. The molecule has 4 N–H and O–H groups in total. The number of carbonyl (C=O) groups is 1. The molecule has 0 aliphatic heterocycles. The van der Waals surface area contributed by atoms with E-state index in [4.69, 9.17) is 17.0 Å². The van der Waals surface area contributed by atoms with Gasteiger partial charge in [0.25, 0.3) is 15.9 Å². The van der Waals surface area contributed by atoms with Crippen LogP contribution in [0.15, 0.2) is 53.4 Å². The Labute approximate surface area is 157 Å². The van der Waals surface area contributed by atoms with Crippen molar-refractivity contribution in [2.45, 2.75) is 4.90 Å². The molecule has 26 heavy (non-hydrogen) atoms. The Morgan fingerprint density at radius 1 is 1.08 bits per heavy atom. The van der Waals surface area contributed by atoms with Crippen molar-refractivity contribution >= 4 is 38.9 Å². The van der Waals surface area contributed by atoms with Crippen molar-refractivity contribution in [1.29, 1.82) is 0 Å². The van der Waals surface area contributed by atoms with Crippen molar-refractivity contribution < 1.29 is 17.9 Å². The first-order valence-corrected chi connectivity index (χ1v) is 9.30. The smallest absolute Gasteiger partial charge is 0.269 e. The van der Waals surface area contributed by atoms with E-state index in [1.54, 1.807) is 31.3 Å². The van der Waals surface area contributed by atoms with Crippen LogP contribution in [0.1, 0.15) is 10.4 Å². The van der Waals surface area contributed by atoms with Crippen molar-refractivity contribution in [2.24, 2.45) is 0 Å². The van der Waals surface area contributed by atoms with Gasteiger partial charge in [-0.25, -0.2) is 8.42 Å². The molecule has 0 aromatic heterocycles. The molecule has 0 aliphatic rings. The Kier molecular flexibility index (Phi) is 6.36. The van der Waals surface area contributed by atoms with Crippen molar-refractivity contribution in [1.82, 2.24) is 16.2 Å². The highest BCUT2D eigenvalue weighted by Crippen LogP contribution is 2.20. The van der Waals surface area contributed by atoms with Crippen LogP contribution in [0.4, 0.5) is 5.69 Å². The quantitative estimate of drug-likeness (QED) is 0.446. The number of ether oxygens (including phenoxy) is 1.